The number of carboxylic acids is 1. The van der Waals surface area contributed by atoms with Gasteiger partial charge in [-0.05, 0) is 66.9 Å². The zero-order valence-corrected chi connectivity index (χ0v) is 25.4. The molecule has 11 heteroatoms. The molecule has 41 heavy (non-hydrogen) atoms. The van der Waals surface area contributed by atoms with E-state index in [2.05, 4.69) is 10.6 Å². The molecule has 0 aromatic heterocycles. The second-order valence-electron chi connectivity index (χ2n) is 9.06. The van der Waals surface area contributed by atoms with Crippen LogP contribution in [0.25, 0.3) is 0 Å². The van der Waals surface area contributed by atoms with Gasteiger partial charge >= 0.3 is 5.97 Å². The van der Waals surface area contributed by atoms with Crippen LogP contribution in [0.5, 0.6) is 0 Å². The number of rotatable bonds is 8. The van der Waals surface area contributed by atoms with E-state index in [1.165, 1.54) is 11.8 Å². The Kier molecular flexibility index (Phi) is 9.89. The number of aryl methyl sites for hydroxylation is 2. The third-order valence-electron chi connectivity index (χ3n) is 5.90. The number of halogens is 4. The van der Waals surface area contributed by atoms with Gasteiger partial charge < -0.3 is 15.7 Å². The summed E-state index contributed by atoms with van der Waals surface area (Å²) in [6, 6.07) is 22.0. The molecule has 0 fully saturated rings. The number of carbonyl (C=O) groups is 3. The highest BCUT2D eigenvalue weighted by Gasteiger charge is 2.29. The molecule has 0 heterocycles. The molecule has 6 nitrogen and oxygen atoms in total. The van der Waals surface area contributed by atoms with Gasteiger partial charge in [-0.2, -0.15) is 0 Å². The van der Waals surface area contributed by atoms with Gasteiger partial charge in [0.05, 0.1) is 31.2 Å². The lowest BCUT2D eigenvalue weighted by Gasteiger charge is -2.18. The quantitative estimate of drug-likeness (QED) is 0.101. The van der Waals surface area contributed by atoms with Crippen molar-refractivity contribution in [1.82, 2.24) is 0 Å². The molecule has 0 radical (unpaired) electrons. The molecule has 3 N–H and O–H groups in total. The topological polar surface area (TPSA) is 95.5 Å². The molecule has 0 bridgehead atoms. The van der Waals surface area contributed by atoms with E-state index < -0.39 is 33.3 Å². The van der Waals surface area contributed by atoms with Crippen molar-refractivity contribution in [2.45, 2.75) is 24.0 Å². The van der Waals surface area contributed by atoms with Crippen LogP contribution in [0, 0.1) is 13.8 Å². The standard InChI is InChI=1S/C30H22Cl4N2O4S/c1-15-12-16(2)14-19(13-15)36-29(38)27(17-6-4-3-5-7-17)41-20-10-8-18(9-11-20)35-28(37)21-22(30(39)40)24(32)26(34)25(33)23(21)31/h3-14,27H,1-2H3,(H,35,37)(H,36,38)(H,39,40). The molecule has 0 saturated carbocycles. The SMILES string of the molecule is Cc1cc(C)cc(NC(=O)C(Sc2ccc(NC(=O)c3c(Cl)c(Cl)c(Cl)c(Cl)c3C(=O)O)cc2)c2ccccc2)c1. The number of carbonyl (C=O) groups excluding carboxylic acids is 2. The lowest BCUT2D eigenvalue weighted by molar-refractivity contribution is -0.115. The number of aromatic carboxylic acids is 1. The predicted molar refractivity (Wildman–Crippen MR) is 167 cm³/mol. The van der Waals surface area contributed by atoms with Crippen molar-refractivity contribution in [1.29, 1.82) is 0 Å². The smallest absolute Gasteiger partial charge is 0.338 e. The average Bonchev–Trinajstić information content (AvgIpc) is 2.92. The van der Waals surface area contributed by atoms with Gasteiger partial charge in [0.25, 0.3) is 5.91 Å². The fraction of sp³-hybridized carbons (Fsp3) is 0.100. The maximum absolute atomic E-state index is 13.4. The minimum absolute atomic E-state index is 0.184. The summed E-state index contributed by atoms with van der Waals surface area (Å²) < 4.78 is 0. The highest BCUT2D eigenvalue weighted by atomic mass is 35.5. The first-order valence-corrected chi connectivity index (χ1v) is 14.5. The molecule has 1 unspecified atom stereocenters. The molecule has 0 saturated heterocycles. The predicted octanol–water partition coefficient (Wildman–Crippen LogP) is 9.34. The first-order valence-electron chi connectivity index (χ1n) is 12.1. The van der Waals surface area contributed by atoms with Crippen LogP contribution >= 0.6 is 58.2 Å². The van der Waals surface area contributed by atoms with Crippen LogP contribution in [0.3, 0.4) is 0 Å². The minimum atomic E-state index is -1.49. The van der Waals surface area contributed by atoms with Crippen molar-refractivity contribution in [2.75, 3.05) is 10.6 Å². The zero-order valence-electron chi connectivity index (χ0n) is 21.6. The normalized spacial score (nSPS) is 11.6. The van der Waals surface area contributed by atoms with Gasteiger partial charge in [-0.1, -0.05) is 82.8 Å². The first-order chi connectivity index (χ1) is 19.5. The van der Waals surface area contributed by atoms with Crippen molar-refractivity contribution < 1.29 is 19.5 Å². The Labute approximate surface area is 261 Å². The van der Waals surface area contributed by atoms with Crippen LogP contribution in [0.4, 0.5) is 11.4 Å². The average molecular weight is 648 g/mol. The fourth-order valence-electron chi connectivity index (χ4n) is 4.15. The number of anilines is 2. The van der Waals surface area contributed by atoms with Crippen LogP contribution in [-0.4, -0.2) is 22.9 Å². The van der Waals surface area contributed by atoms with E-state index in [1.807, 2.05) is 62.4 Å². The third-order valence-corrected chi connectivity index (χ3v) is 8.97. The summed E-state index contributed by atoms with van der Waals surface area (Å²) >= 11 is 25.6. The Morgan fingerprint density at radius 3 is 1.83 bits per heavy atom. The summed E-state index contributed by atoms with van der Waals surface area (Å²) in [6.45, 7) is 3.94. The van der Waals surface area contributed by atoms with E-state index in [1.54, 1.807) is 24.3 Å². The molecule has 4 aromatic carbocycles. The Hall–Kier alpha value is -3.20. The highest BCUT2D eigenvalue weighted by molar-refractivity contribution is 8.00. The molecule has 0 aliphatic rings. The lowest BCUT2D eigenvalue weighted by atomic mass is 10.1. The van der Waals surface area contributed by atoms with Gasteiger partial charge in [0, 0.05) is 16.3 Å². The molecule has 4 rings (SSSR count). The number of amides is 2. The Morgan fingerprint density at radius 2 is 1.27 bits per heavy atom. The number of nitrogens with one attached hydrogen (secondary N) is 2. The summed E-state index contributed by atoms with van der Waals surface area (Å²) in [6.07, 6.45) is 0. The van der Waals surface area contributed by atoms with Crippen LogP contribution < -0.4 is 10.6 Å². The van der Waals surface area contributed by atoms with Gasteiger partial charge in [-0.15, -0.1) is 11.8 Å². The van der Waals surface area contributed by atoms with Gasteiger partial charge in [0.15, 0.2) is 0 Å². The van der Waals surface area contributed by atoms with Crippen LogP contribution in [-0.2, 0) is 4.79 Å². The largest absolute Gasteiger partial charge is 0.478 e. The van der Waals surface area contributed by atoms with Crippen molar-refractivity contribution in [2.24, 2.45) is 0 Å². The lowest BCUT2D eigenvalue weighted by Crippen LogP contribution is -2.19. The minimum Gasteiger partial charge on any atom is -0.478 e. The second-order valence-corrected chi connectivity index (χ2v) is 11.8. The van der Waals surface area contributed by atoms with Gasteiger partial charge in [-0.25, -0.2) is 4.79 Å². The van der Waals surface area contributed by atoms with Crippen LogP contribution in [0.15, 0.2) is 77.7 Å². The van der Waals surface area contributed by atoms with Crippen molar-refractivity contribution in [3.63, 3.8) is 0 Å². The summed E-state index contributed by atoms with van der Waals surface area (Å²) in [5.74, 6) is -2.50. The van der Waals surface area contributed by atoms with E-state index >= 15 is 0 Å². The summed E-state index contributed by atoms with van der Waals surface area (Å²) in [4.78, 5) is 39.1. The van der Waals surface area contributed by atoms with Gasteiger partial charge in [-0.3, -0.25) is 9.59 Å². The van der Waals surface area contributed by atoms with Gasteiger partial charge in [0.2, 0.25) is 5.91 Å². The first kappa shape index (κ1) is 30.8. The number of hydrogen-bond acceptors (Lipinski definition) is 4. The number of thioether (sulfide) groups is 1. The van der Waals surface area contributed by atoms with Crippen molar-refractivity contribution in [3.8, 4) is 0 Å². The maximum Gasteiger partial charge on any atom is 0.338 e. The highest BCUT2D eigenvalue weighted by Crippen LogP contribution is 2.42. The molecule has 2 amide bonds. The third kappa shape index (κ3) is 7.18. The van der Waals surface area contributed by atoms with Crippen LogP contribution in [0.2, 0.25) is 20.1 Å². The van der Waals surface area contributed by atoms with Crippen molar-refractivity contribution >= 4 is 87.3 Å². The monoisotopic (exact) mass is 646 g/mol. The van der Waals surface area contributed by atoms with E-state index in [0.29, 0.717) is 11.4 Å². The molecular weight excluding hydrogens is 626 g/mol. The molecule has 0 aliphatic heterocycles. The fourth-order valence-corrected chi connectivity index (χ4v) is 6.19. The van der Waals surface area contributed by atoms with E-state index in [4.69, 9.17) is 46.4 Å². The Morgan fingerprint density at radius 1 is 0.707 bits per heavy atom. The molecule has 0 aliphatic carbocycles. The summed E-state index contributed by atoms with van der Waals surface area (Å²) in [5.41, 5.74) is 3.01. The van der Waals surface area contributed by atoms with Crippen molar-refractivity contribution in [3.05, 3.63) is 121 Å². The van der Waals surface area contributed by atoms with E-state index in [-0.39, 0.29) is 21.0 Å². The van der Waals surface area contributed by atoms with E-state index in [0.717, 1.165) is 21.6 Å². The zero-order chi connectivity index (χ0) is 29.8. The molecule has 0 spiro atoms. The second kappa shape index (κ2) is 13.2. The number of benzene rings is 4. The van der Waals surface area contributed by atoms with Gasteiger partial charge in [0.1, 0.15) is 5.25 Å². The number of carboxylic acid groups (broad SMARTS) is 1. The van der Waals surface area contributed by atoms with E-state index in [9.17, 15) is 19.5 Å². The van der Waals surface area contributed by atoms with Crippen LogP contribution in [0.1, 0.15) is 42.7 Å². The summed E-state index contributed by atoms with van der Waals surface area (Å²) in [7, 11) is 0. The Bertz CT molecular complexity index is 1630. The molecule has 1 atom stereocenters. The maximum atomic E-state index is 13.4. The molecule has 4 aromatic rings. The summed E-state index contributed by atoms with van der Waals surface area (Å²) in [5, 5.41) is 13.5. The molecule has 210 valence electrons. The number of hydrogen-bond donors (Lipinski definition) is 3. The Balaban J connectivity index is 1.56. The molecular formula is C30H22Cl4N2O4S.